The largest absolute Gasteiger partial charge is 0.357 e. The summed E-state index contributed by atoms with van der Waals surface area (Å²) >= 11 is 0. The van der Waals surface area contributed by atoms with E-state index in [0.29, 0.717) is 6.54 Å². The van der Waals surface area contributed by atoms with Crippen LogP contribution in [0.3, 0.4) is 0 Å². The first-order valence-corrected chi connectivity index (χ1v) is 7.81. The first-order chi connectivity index (χ1) is 10.8. The molecular formula is C17H25N5. The lowest BCUT2D eigenvalue weighted by atomic mass is 10.2. The maximum atomic E-state index is 4.61. The van der Waals surface area contributed by atoms with Crippen LogP contribution in [0, 0.1) is 0 Å². The lowest BCUT2D eigenvalue weighted by Gasteiger charge is -2.11. The number of benzene rings is 1. The van der Waals surface area contributed by atoms with Crippen molar-refractivity contribution in [3.8, 4) is 0 Å². The fourth-order valence-electron chi connectivity index (χ4n) is 2.20. The second-order valence-corrected chi connectivity index (χ2v) is 5.23. The summed E-state index contributed by atoms with van der Waals surface area (Å²) in [5, 5.41) is 10.8. The minimum atomic E-state index is 0.693. The van der Waals surface area contributed by atoms with Crippen LogP contribution in [0.15, 0.2) is 47.7 Å². The topological polar surface area (TPSA) is 54.2 Å². The van der Waals surface area contributed by atoms with Gasteiger partial charge in [0.25, 0.3) is 0 Å². The van der Waals surface area contributed by atoms with Crippen molar-refractivity contribution in [2.24, 2.45) is 12.0 Å². The van der Waals surface area contributed by atoms with Crippen LogP contribution >= 0.6 is 0 Å². The van der Waals surface area contributed by atoms with E-state index < -0.39 is 0 Å². The number of nitrogens with one attached hydrogen (secondary N) is 2. The van der Waals surface area contributed by atoms with Gasteiger partial charge in [0.15, 0.2) is 5.96 Å². The Labute approximate surface area is 132 Å². The van der Waals surface area contributed by atoms with E-state index in [1.54, 1.807) is 0 Å². The normalized spacial score (nSPS) is 11.5. The number of nitrogens with zero attached hydrogens (tertiary/aromatic N) is 3. The Morgan fingerprint density at radius 2 is 2.00 bits per heavy atom. The van der Waals surface area contributed by atoms with Crippen molar-refractivity contribution in [3.05, 3.63) is 53.9 Å². The molecule has 2 rings (SSSR count). The van der Waals surface area contributed by atoms with Gasteiger partial charge in [0.1, 0.15) is 0 Å². The van der Waals surface area contributed by atoms with Crippen molar-refractivity contribution >= 4 is 5.96 Å². The Morgan fingerprint density at radius 1 is 1.18 bits per heavy atom. The highest BCUT2D eigenvalue weighted by atomic mass is 15.2. The third-order valence-electron chi connectivity index (χ3n) is 3.30. The van der Waals surface area contributed by atoms with E-state index in [9.17, 15) is 0 Å². The smallest absolute Gasteiger partial charge is 0.191 e. The van der Waals surface area contributed by atoms with Gasteiger partial charge in [-0.2, -0.15) is 5.10 Å². The molecule has 1 aromatic heterocycles. The fourth-order valence-corrected chi connectivity index (χ4v) is 2.20. The van der Waals surface area contributed by atoms with Gasteiger partial charge in [0.05, 0.1) is 12.7 Å². The summed E-state index contributed by atoms with van der Waals surface area (Å²) in [7, 11) is 1.95. The monoisotopic (exact) mass is 299 g/mol. The number of aliphatic imine (C=N–C) groups is 1. The van der Waals surface area contributed by atoms with E-state index in [1.165, 1.54) is 11.1 Å². The number of hydrogen-bond donors (Lipinski definition) is 2. The van der Waals surface area contributed by atoms with Crippen molar-refractivity contribution in [2.75, 3.05) is 13.1 Å². The van der Waals surface area contributed by atoms with Crippen molar-refractivity contribution in [1.29, 1.82) is 0 Å². The summed E-state index contributed by atoms with van der Waals surface area (Å²) in [6, 6.07) is 10.3. The molecule has 22 heavy (non-hydrogen) atoms. The molecule has 0 aliphatic carbocycles. The molecule has 0 amide bonds. The van der Waals surface area contributed by atoms with Gasteiger partial charge in [-0.15, -0.1) is 0 Å². The summed E-state index contributed by atoms with van der Waals surface area (Å²) in [5.41, 5.74) is 2.49. The van der Waals surface area contributed by atoms with Crippen LogP contribution < -0.4 is 10.6 Å². The molecule has 0 fully saturated rings. The average molecular weight is 299 g/mol. The molecule has 0 bridgehead atoms. The zero-order valence-corrected chi connectivity index (χ0v) is 13.4. The zero-order chi connectivity index (χ0) is 15.6. The maximum Gasteiger partial charge on any atom is 0.191 e. The average Bonchev–Trinajstić information content (AvgIpc) is 2.95. The summed E-state index contributed by atoms with van der Waals surface area (Å²) in [5.74, 6) is 0.873. The van der Waals surface area contributed by atoms with Crippen LogP contribution in [0.4, 0.5) is 0 Å². The molecule has 2 N–H and O–H groups in total. The van der Waals surface area contributed by atoms with E-state index in [4.69, 9.17) is 0 Å². The molecule has 0 saturated heterocycles. The molecule has 0 atom stereocenters. The van der Waals surface area contributed by atoms with Crippen molar-refractivity contribution in [3.63, 3.8) is 0 Å². The molecule has 1 heterocycles. The number of hydrogen-bond acceptors (Lipinski definition) is 2. The van der Waals surface area contributed by atoms with Gasteiger partial charge in [-0.05, 0) is 30.9 Å². The minimum absolute atomic E-state index is 0.693. The van der Waals surface area contributed by atoms with Gasteiger partial charge < -0.3 is 10.6 Å². The van der Waals surface area contributed by atoms with Gasteiger partial charge in [0.2, 0.25) is 0 Å². The lowest BCUT2D eigenvalue weighted by Crippen LogP contribution is -2.37. The molecule has 5 heteroatoms. The van der Waals surface area contributed by atoms with Crippen molar-refractivity contribution in [1.82, 2.24) is 20.4 Å². The molecule has 0 unspecified atom stereocenters. The Kier molecular flexibility index (Phi) is 6.48. The summed E-state index contributed by atoms with van der Waals surface area (Å²) in [4.78, 5) is 4.61. The van der Waals surface area contributed by atoms with Crippen molar-refractivity contribution < 1.29 is 0 Å². The van der Waals surface area contributed by atoms with Crippen LogP contribution in [0.5, 0.6) is 0 Å². The molecule has 2 aromatic rings. The molecule has 0 spiro atoms. The summed E-state index contributed by atoms with van der Waals surface area (Å²) < 4.78 is 1.84. The first kappa shape index (κ1) is 16.1. The van der Waals surface area contributed by atoms with E-state index in [0.717, 1.165) is 31.9 Å². The fraction of sp³-hybridized carbons (Fsp3) is 0.412. The highest BCUT2D eigenvalue weighted by Gasteiger charge is 1.99. The Morgan fingerprint density at radius 3 is 2.68 bits per heavy atom. The predicted molar refractivity (Wildman–Crippen MR) is 90.8 cm³/mol. The van der Waals surface area contributed by atoms with Gasteiger partial charge in [-0.3, -0.25) is 4.68 Å². The van der Waals surface area contributed by atoms with Crippen LogP contribution in [0.2, 0.25) is 0 Å². The van der Waals surface area contributed by atoms with Gasteiger partial charge in [-0.25, -0.2) is 4.99 Å². The SMILES string of the molecule is CCNC(=NCc1ccccc1)NCCCc1cnn(C)c1. The third-order valence-corrected chi connectivity index (χ3v) is 3.30. The van der Waals surface area contributed by atoms with Crippen LogP contribution in [-0.4, -0.2) is 28.8 Å². The Bertz CT molecular complexity index is 574. The number of aromatic nitrogens is 2. The molecule has 1 aromatic carbocycles. The van der Waals surface area contributed by atoms with Crippen molar-refractivity contribution in [2.45, 2.75) is 26.3 Å². The summed E-state index contributed by atoms with van der Waals surface area (Å²) in [6.07, 6.45) is 6.07. The molecule has 118 valence electrons. The quantitative estimate of drug-likeness (QED) is 0.468. The Hall–Kier alpha value is -2.30. The zero-order valence-electron chi connectivity index (χ0n) is 13.4. The highest BCUT2D eigenvalue weighted by molar-refractivity contribution is 5.79. The number of guanidine groups is 1. The van der Waals surface area contributed by atoms with E-state index in [2.05, 4.69) is 46.0 Å². The van der Waals surface area contributed by atoms with E-state index >= 15 is 0 Å². The van der Waals surface area contributed by atoms with Gasteiger partial charge in [0, 0.05) is 26.3 Å². The summed E-state index contributed by atoms with van der Waals surface area (Å²) in [6.45, 7) is 4.53. The third kappa shape index (κ3) is 5.60. The highest BCUT2D eigenvalue weighted by Crippen LogP contribution is 2.01. The molecule has 0 aliphatic rings. The van der Waals surface area contributed by atoms with Crippen LogP contribution in [-0.2, 0) is 20.0 Å². The van der Waals surface area contributed by atoms with Gasteiger partial charge in [-0.1, -0.05) is 30.3 Å². The van der Waals surface area contributed by atoms with E-state index in [-0.39, 0.29) is 0 Å². The molecule has 0 saturated carbocycles. The predicted octanol–water partition coefficient (Wildman–Crippen LogP) is 2.11. The van der Waals surface area contributed by atoms with Crippen LogP contribution in [0.1, 0.15) is 24.5 Å². The van der Waals surface area contributed by atoms with E-state index in [1.807, 2.05) is 36.1 Å². The molecule has 0 radical (unpaired) electrons. The molecule has 0 aliphatic heterocycles. The first-order valence-electron chi connectivity index (χ1n) is 7.81. The number of aryl methyl sites for hydroxylation is 2. The molecular weight excluding hydrogens is 274 g/mol. The minimum Gasteiger partial charge on any atom is -0.357 e. The second kappa shape index (κ2) is 8.87. The number of rotatable bonds is 7. The lowest BCUT2D eigenvalue weighted by molar-refractivity contribution is 0.740. The molecule has 5 nitrogen and oxygen atoms in total. The standard InChI is InChI=1S/C17H25N5/c1-3-18-17(20-12-15-8-5-4-6-9-15)19-11-7-10-16-13-21-22(2)14-16/h4-6,8-9,13-14H,3,7,10-12H2,1-2H3,(H2,18,19,20). The Balaban J connectivity index is 1.76. The second-order valence-electron chi connectivity index (χ2n) is 5.23. The maximum absolute atomic E-state index is 4.61. The van der Waals surface area contributed by atoms with Crippen LogP contribution in [0.25, 0.3) is 0 Å². The van der Waals surface area contributed by atoms with Gasteiger partial charge >= 0.3 is 0 Å².